The fraction of sp³-hybridized carbons (Fsp3) is 0.500. The molecule has 1 unspecified atom stereocenters. The number of rotatable bonds is 2. The Kier molecular flexibility index (Phi) is 2.76. The number of hydrogen-bond donors (Lipinski definition) is 1. The van der Waals surface area contributed by atoms with Gasteiger partial charge in [-0.1, -0.05) is 36.2 Å². The maximum absolute atomic E-state index is 4.71. The van der Waals surface area contributed by atoms with Crippen LogP contribution in [0.5, 0.6) is 0 Å². The average Bonchev–Trinajstić information content (AvgIpc) is 2.79. The summed E-state index contributed by atoms with van der Waals surface area (Å²) in [6.07, 6.45) is 3.84. The summed E-state index contributed by atoms with van der Waals surface area (Å²) in [6, 6.07) is 8.84. The van der Waals surface area contributed by atoms with Crippen molar-refractivity contribution in [1.82, 2.24) is 14.8 Å². The molecule has 2 aliphatic rings. The molecule has 4 rings (SSSR count). The van der Waals surface area contributed by atoms with E-state index in [1.54, 1.807) is 0 Å². The summed E-state index contributed by atoms with van der Waals surface area (Å²) in [5.41, 5.74) is 2.70. The summed E-state index contributed by atoms with van der Waals surface area (Å²) >= 11 is 0. The van der Waals surface area contributed by atoms with E-state index in [4.69, 9.17) is 5.10 Å². The molecule has 1 saturated carbocycles. The molecule has 1 atom stereocenters. The van der Waals surface area contributed by atoms with Gasteiger partial charge in [-0.25, -0.2) is 4.68 Å². The number of nitrogens with zero attached hydrogens (tertiary/aromatic N) is 3. The van der Waals surface area contributed by atoms with Gasteiger partial charge < -0.3 is 5.32 Å². The molecule has 0 bridgehead atoms. The van der Waals surface area contributed by atoms with Crippen molar-refractivity contribution in [3.05, 3.63) is 41.2 Å². The highest BCUT2D eigenvalue weighted by Gasteiger charge is 2.28. The molecule has 1 aromatic carbocycles. The lowest BCUT2D eigenvalue weighted by Gasteiger charge is -2.24. The Bertz CT molecular complexity index is 610. The number of anilines is 1. The molecule has 20 heavy (non-hydrogen) atoms. The van der Waals surface area contributed by atoms with E-state index in [2.05, 4.69) is 46.2 Å². The van der Waals surface area contributed by atoms with Crippen molar-refractivity contribution in [2.24, 2.45) is 0 Å². The van der Waals surface area contributed by atoms with Gasteiger partial charge in [0.15, 0.2) is 5.82 Å². The lowest BCUT2D eigenvalue weighted by molar-refractivity contribution is 0.396. The van der Waals surface area contributed by atoms with Crippen LogP contribution in [0.3, 0.4) is 0 Å². The van der Waals surface area contributed by atoms with Crippen LogP contribution in [0.4, 0.5) is 5.95 Å². The van der Waals surface area contributed by atoms with Crippen molar-refractivity contribution in [1.29, 1.82) is 0 Å². The van der Waals surface area contributed by atoms with Gasteiger partial charge in [0.25, 0.3) is 0 Å². The lowest BCUT2D eigenvalue weighted by Crippen LogP contribution is -2.26. The number of fused-ring (bicyclic) bond motifs is 1. The first kappa shape index (κ1) is 11.9. The van der Waals surface area contributed by atoms with E-state index in [9.17, 15) is 0 Å². The second-order valence-electron chi connectivity index (χ2n) is 6.09. The molecular formula is C16H20N4. The minimum atomic E-state index is 0.485. The molecule has 1 aliphatic carbocycles. The number of aryl methyl sites for hydroxylation is 1. The quantitative estimate of drug-likeness (QED) is 0.910. The first-order chi connectivity index (χ1) is 9.79. The van der Waals surface area contributed by atoms with E-state index in [-0.39, 0.29) is 0 Å². The van der Waals surface area contributed by atoms with E-state index >= 15 is 0 Å². The highest BCUT2D eigenvalue weighted by atomic mass is 15.4. The smallest absolute Gasteiger partial charge is 0.221 e. The van der Waals surface area contributed by atoms with Crippen LogP contribution in [0, 0.1) is 6.92 Å². The van der Waals surface area contributed by atoms with Gasteiger partial charge in [0.05, 0.1) is 6.54 Å². The Morgan fingerprint density at radius 3 is 2.65 bits per heavy atom. The zero-order chi connectivity index (χ0) is 13.5. The summed E-state index contributed by atoms with van der Waals surface area (Å²) in [4.78, 5) is 4.66. The lowest BCUT2D eigenvalue weighted by atomic mass is 9.85. The fourth-order valence-electron chi connectivity index (χ4n) is 3.01. The maximum Gasteiger partial charge on any atom is 0.221 e. The van der Waals surface area contributed by atoms with Crippen LogP contribution < -0.4 is 5.32 Å². The van der Waals surface area contributed by atoms with Gasteiger partial charge in [-0.15, -0.1) is 0 Å². The summed E-state index contributed by atoms with van der Waals surface area (Å²) in [6.45, 7) is 4.01. The highest BCUT2D eigenvalue weighted by molar-refractivity contribution is 5.33. The zero-order valence-corrected chi connectivity index (χ0v) is 11.8. The third kappa shape index (κ3) is 1.99. The van der Waals surface area contributed by atoms with Crippen molar-refractivity contribution in [2.45, 2.75) is 44.6 Å². The molecule has 1 fully saturated rings. The molecule has 0 radical (unpaired) electrons. The predicted molar refractivity (Wildman–Crippen MR) is 79.0 cm³/mol. The second kappa shape index (κ2) is 4.62. The molecular weight excluding hydrogens is 248 g/mol. The van der Waals surface area contributed by atoms with Crippen LogP contribution in [0.25, 0.3) is 0 Å². The number of hydrogen-bond acceptors (Lipinski definition) is 3. The Morgan fingerprint density at radius 1 is 1.15 bits per heavy atom. The van der Waals surface area contributed by atoms with Crippen LogP contribution >= 0.6 is 0 Å². The van der Waals surface area contributed by atoms with Gasteiger partial charge in [-0.05, 0) is 25.3 Å². The van der Waals surface area contributed by atoms with E-state index in [0.717, 1.165) is 24.9 Å². The monoisotopic (exact) mass is 268 g/mol. The topological polar surface area (TPSA) is 42.7 Å². The van der Waals surface area contributed by atoms with Crippen molar-refractivity contribution in [3.63, 3.8) is 0 Å². The van der Waals surface area contributed by atoms with Crippen LogP contribution in [-0.2, 0) is 6.54 Å². The molecule has 1 N–H and O–H groups in total. The standard InChI is InChI=1S/C16H20N4/c1-11-5-7-12(8-6-11)14-9-17-16-18-15(13-3-2-4-13)19-20(16)10-14/h5-8,13-14H,2-4,9-10H2,1H3,(H,17,18,19). The van der Waals surface area contributed by atoms with Gasteiger partial charge in [-0.2, -0.15) is 10.1 Å². The third-order valence-electron chi connectivity index (χ3n) is 4.61. The normalized spacial score (nSPS) is 21.9. The van der Waals surface area contributed by atoms with E-state index in [1.165, 1.54) is 30.4 Å². The van der Waals surface area contributed by atoms with Gasteiger partial charge in [0, 0.05) is 18.4 Å². The van der Waals surface area contributed by atoms with Crippen LogP contribution in [0.1, 0.15) is 48.0 Å². The summed E-state index contributed by atoms with van der Waals surface area (Å²) in [7, 11) is 0. The second-order valence-corrected chi connectivity index (χ2v) is 6.09. The Balaban J connectivity index is 1.56. The van der Waals surface area contributed by atoms with Gasteiger partial charge in [0.2, 0.25) is 5.95 Å². The molecule has 2 heterocycles. The molecule has 0 spiro atoms. The van der Waals surface area contributed by atoms with Crippen molar-refractivity contribution in [2.75, 3.05) is 11.9 Å². The average molecular weight is 268 g/mol. The van der Waals surface area contributed by atoms with Gasteiger partial charge in [-0.3, -0.25) is 0 Å². The highest BCUT2D eigenvalue weighted by Crippen LogP contribution is 2.35. The SMILES string of the molecule is Cc1ccc(C2CNc3nc(C4CCC4)nn3C2)cc1. The minimum absolute atomic E-state index is 0.485. The van der Waals surface area contributed by atoms with Crippen molar-refractivity contribution < 1.29 is 0 Å². The Morgan fingerprint density at radius 2 is 1.95 bits per heavy atom. The van der Waals surface area contributed by atoms with Crippen LogP contribution in [0.2, 0.25) is 0 Å². The van der Waals surface area contributed by atoms with Gasteiger partial charge >= 0.3 is 0 Å². The predicted octanol–water partition coefficient (Wildman–Crippen LogP) is 3.06. The first-order valence-electron chi connectivity index (χ1n) is 7.55. The molecule has 1 aliphatic heterocycles. The van der Waals surface area contributed by atoms with Crippen molar-refractivity contribution in [3.8, 4) is 0 Å². The molecule has 0 amide bonds. The molecule has 104 valence electrons. The number of benzene rings is 1. The van der Waals surface area contributed by atoms with Crippen LogP contribution in [-0.4, -0.2) is 21.3 Å². The zero-order valence-electron chi connectivity index (χ0n) is 11.8. The van der Waals surface area contributed by atoms with E-state index in [0.29, 0.717) is 11.8 Å². The molecule has 1 aromatic heterocycles. The number of aromatic nitrogens is 3. The maximum atomic E-state index is 4.71. The third-order valence-corrected chi connectivity index (χ3v) is 4.61. The van der Waals surface area contributed by atoms with E-state index < -0.39 is 0 Å². The number of nitrogens with one attached hydrogen (secondary N) is 1. The van der Waals surface area contributed by atoms with E-state index in [1.807, 2.05) is 0 Å². The van der Waals surface area contributed by atoms with Crippen molar-refractivity contribution >= 4 is 5.95 Å². The molecule has 4 heteroatoms. The molecule has 2 aromatic rings. The largest absolute Gasteiger partial charge is 0.354 e. The summed E-state index contributed by atoms with van der Waals surface area (Å²) < 4.78 is 2.06. The molecule has 4 nitrogen and oxygen atoms in total. The Labute approximate surface area is 119 Å². The summed E-state index contributed by atoms with van der Waals surface area (Å²) in [5, 5.41) is 8.15. The summed E-state index contributed by atoms with van der Waals surface area (Å²) in [5.74, 6) is 3.09. The van der Waals surface area contributed by atoms with Crippen LogP contribution in [0.15, 0.2) is 24.3 Å². The minimum Gasteiger partial charge on any atom is -0.354 e. The first-order valence-corrected chi connectivity index (χ1v) is 7.55. The van der Waals surface area contributed by atoms with Gasteiger partial charge in [0.1, 0.15) is 0 Å². The Hall–Kier alpha value is -1.84. The molecule has 0 saturated heterocycles. The fourth-order valence-corrected chi connectivity index (χ4v) is 3.01.